The molecule has 0 radical (unpaired) electrons. The Morgan fingerprint density at radius 2 is 2.29 bits per heavy atom. The maximum atomic E-state index is 10.9. The van der Waals surface area contributed by atoms with E-state index in [4.69, 9.17) is 15.9 Å². The maximum Gasteiger partial charge on any atom is 0.322 e. The summed E-state index contributed by atoms with van der Waals surface area (Å²) in [5, 5.41) is 17.5. The van der Waals surface area contributed by atoms with Crippen molar-refractivity contribution in [1.29, 1.82) is 0 Å². The van der Waals surface area contributed by atoms with Gasteiger partial charge in [-0.05, 0) is 12.2 Å². The molecule has 0 spiro atoms. The molecule has 0 aliphatic carbocycles. The second-order valence-corrected chi connectivity index (χ2v) is 3.98. The molecule has 0 fully saturated rings. The number of esters is 1. The van der Waals surface area contributed by atoms with E-state index < -0.39 is 18.1 Å². The average Bonchev–Trinajstić information content (AvgIpc) is 2.22. The Hall–Kier alpha value is -0.300. The summed E-state index contributed by atoms with van der Waals surface area (Å²) in [6, 6.07) is -0.598. The lowest BCUT2D eigenvalue weighted by atomic mass is 10.2. The molecule has 0 heterocycles. The van der Waals surface area contributed by atoms with E-state index >= 15 is 0 Å². The van der Waals surface area contributed by atoms with Crippen LogP contribution in [0.3, 0.4) is 0 Å². The summed E-state index contributed by atoms with van der Waals surface area (Å²) in [6.07, 6.45) is -0.190. The van der Waals surface area contributed by atoms with Gasteiger partial charge < -0.3 is 20.7 Å². The van der Waals surface area contributed by atoms with Gasteiger partial charge in [0.15, 0.2) is 0 Å². The summed E-state index contributed by atoms with van der Waals surface area (Å²) in [4.78, 5) is 10.9. The van der Waals surface area contributed by atoms with Crippen LogP contribution in [0.25, 0.3) is 0 Å². The summed E-state index contributed by atoms with van der Waals surface area (Å²) in [5.74, 6) is 0.686. The molecule has 0 saturated carbocycles. The van der Waals surface area contributed by atoms with Crippen LogP contribution in [0.15, 0.2) is 0 Å². The molecular formula is C8H17NO4S. The largest absolute Gasteiger partial charge is 0.468 e. The quantitative estimate of drug-likeness (QED) is 0.377. The lowest BCUT2D eigenvalue weighted by Crippen LogP contribution is -2.32. The number of thioether (sulfide) groups is 1. The first kappa shape index (κ1) is 13.7. The molecular weight excluding hydrogens is 206 g/mol. The zero-order valence-corrected chi connectivity index (χ0v) is 9.00. The van der Waals surface area contributed by atoms with Gasteiger partial charge in [-0.1, -0.05) is 0 Å². The van der Waals surface area contributed by atoms with Crippen LogP contribution in [0, 0.1) is 0 Å². The number of hydrogen-bond acceptors (Lipinski definition) is 6. The van der Waals surface area contributed by atoms with E-state index in [0.717, 1.165) is 0 Å². The number of rotatable bonds is 7. The minimum atomic E-state index is -0.700. The number of methoxy groups -OCH3 is 1. The lowest BCUT2D eigenvalue weighted by molar-refractivity contribution is -0.142. The van der Waals surface area contributed by atoms with Crippen LogP contribution in [-0.4, -0.2) is 53.6 Å². The predicted octanol–water partition coefficient (Wildman–Crippen LogP) is -1.04. The Kier molecular flexibility index (Phi) is 7.87. The van der Waals surface area contributed by atoms with Gasteiger partial charge >= 0.3 is 5.97 Å². The second kappa shape index (κ2) is 8.05. The number of nitrogens with two attached hydrogens (primary N) is 1. The number of carbonyl (C=O) groups excluding carboxylic acids is 1. The number of ether oxygens (including phenoxy) is 1. The van der Waals surface area contributed by atoms with E-state index in [1.807, 2.05) is 0 Å². The fraction of sp³-hybridized carbons (Fsp3) is 0.875. The highest BCUT2D eigenvalue weighted by Crippen LogP contribution is 2.06. The van der Waals surface area contributed by atoms with Gasteiger partial charge in [-0.2, -0.15) is 11.8 Å². The summed E-state index contributed by atoms with van der Waals surface area (Å²) in [6.45, 7) is -0.240. The zero-order chi connectivity index (χ0) is 11.0. The molecule has 84 valence electrons. The van der Waals surface area contributed by atoms with Gasteiger partial charge in [-0.15, -0.1) is 0 Å². The van der Waals surface area contributed by atoms with Crippen molar-refractivity contribution in [2.45, 2.75) is 18.6 Å². The molecule has 14 heavy (non-hydrogen) atoms. The molecule has 0 aromatic rings. The molecule has 0 amide bonds. The van der Waals surface area contributed by atoms with Crippen molar-refractivity contribution in [3.63, 3.8) is 0 Å². The van der Waals surface area contributed by atoms with E-state index in [1.165, 1.54) is 18.9 Å². The van der Waals surface area contributed by atoms with Gasteiger partial charge in [0.05, 0.1) is 19.8 Å². The van der Waals surface area contributed by atoms with Gasteiger partial charge in [-0.3, -0.25) is 4.79 Å². The van der Waals surface area contributed by atoms with Crippen LogP contribution < -0.4 is 5.73 Å². The van der Waals surface area contributed by atoms with Crippen LogP contribution in [0.5, 0.6) is 0 Å². The predicted molar refractivity (Wildman–Crippen MR) is 55.0 cm³/mol. The molecule has 0 aromatic heterocycles. The molecule has 0 aliphatic heterocycles. The van der Waals surface area contributed by atoms with E-state index in [9.17, 15) is 4.79 Å². The number of aliphatic hydroxyl groups is 2. The van der Waals surface area contributed by atoms with Crippen molar-refractivity contribution in [2.24, 2.45) is 5.73 Å². The first-order valence-corrected chi connectivity index (χ1v) is 5.47. The molecule has 2 unspecified atom stereocenters. The Morgan fingerprint density at radius 3 is 2.79 bits per heavy atom. The molecule has 4 N–H and O–H groups in total. The molecule has 0 aliphatic rings. The third-order valence-electron chi connectivity index (χ3n) is 1.60. The monoisotopic (exact) mass is 223 g/mol. The molecule has 0 saturated heterocycles. The first-order valence-electron chi connectivity index (χ1n) is 4.32. The van der Waals surface area contributed by atoms with Crippen molar-refractivity contribution < 1.29 is 19.7 Å². The summed E-state index contributed by atoms with van der Waals surface area (Å²) in [7, 11) is 1.30. The molecule has 0 bridgehead atoms. The Labute approximate surface area is 87.6 Å². The normalized spacial score (nSPS) is 14.9. The topological polar surface area (TPSA) is 92.8 Å². The smallest absolute Gasteiger partial charge is 0.322 e. The van der Waals surface area contributed by atoms with Crippen LogP contribution in [0.1, 0.15) is 6.42 Å². The van der Waals surface area contributed by atoms with Crippen LogP contribution >= 0.6 is 11.8 Å². The Morgan fingerprint density at radius 1 is 1.64 bits per heavy atom. The minimum absolute atomic E-state index is 0.240. The van der Waals surface area contributed by atoms with Crippen molar-refractivity contribution in [3.8, 4) is 0 Å². The van der Waals surface area contributed by atoms with Crippen LogP contribution in [-0.2, 0) is 9.53 Å². The third kappa shape index (κ3) is 6.20. The summed E-state index contributed by atoms with van der Waals surface area (Å²) in [5.41, 5.74) is 5.48. The van der Waals surface area contributed by atoms with Crippen LogP contribution in [0.2, 0.25) is 0 Å². The van der Waals surface area contributed by atoms with Crippen molar-refractivity contribution in [2.75, 3.05) is 25.2 Å². The van der Waals surface area contributed by atoms with Crippen molar-refractivity contribution in [1.82, 2.24) is 0 Å². The highest BCUT2D eigenvalue weighted by Gasteiger charge is 2.13. The number of aliphatic hydroxyl groups excluding tert-OH is 2. The minimum Gasteiger partial charge on any atom is -0.468 e. The molecule has 6 heteroatoms. The number of carbonyl (C=O) groups is 1. The standard InChI is InChI=1S/C8H17NO4S/c1-13-8(12)7(9)2-3-14-5-6(11)4-10/h6-7,10-11H,2-5,9H2,1H3. The van der Waals surface area contributed by atoms with Crippen LogP contribution in [0.4, 0.5) is 0 Å². The third-order valence-corrected chi connectivity index (χ3v) is 2.74. The molecule has 2 atom stereocenters. The van der Waals surface area contributed by atoms with E-state index in [-0.39, 0.29) is 6.61 Å². The van der Waals surface area contributed by atoms with Gasteiger partial charge in [-0.25, -0.2) is 0 Å². The average molecular weight is 223 g/mol. The lowest BCUT2D eigenvalue weighted by Gasteiger charge is -2.09. The molecule has 0 rings (SSSR count). The highest BCUT2D eigenvalue weighted by molar-refractivity contribution is 7.99. The fourth-order valence-electron chi connectivity index (χ4n) is 0.752. The van der Waals surface area contributed by atoms with Gasteiger partial charge in [0, 0.05) is 5.75 Å². The van der Waals surface area contributed by atoms with Gasteiger partial charge in [0.25, 0.3) is 0 Å². The van der Waals surface area contributed by atoms with Crippen molar-refractivity contribution >= 4 is 17.7 Å². The van der Waals surface area contributed by atoms with E-state index in [0.29, 0.717) is 17.9 Å². The summed E-state index contributed by atoms with van der Waals surface area (Å²) >= 11 is 1.44. The van der Waals surface area contributed by atoms with E-state index in [1.54, 1.807) is 0 Å². The SMILES string of the molecule is COC(=O)C(N)CCSCC(O)CO. The van der Waals surface area contributed by atoms with Gasteiger partial charge in [0.1, 0.15) is 6.04 Å². The molecule has 0 aromatic carbocycles. The summed E-state index contributed by atoms with van der Waals surface area (Å²) < 4.78 is 4.45. The Bertz CT molecular complexity index is 167. The first-order chi connectivity index (χ1) is 6.61. The second-order valence-electron chi connectivity index (χ2n) is 2.83. The van der Waals surface area contributed by atoms with Gasteiger partial charge in [0.2, 0.25) is 0 Å². The number of hydrogen-bond donors (Lipinski definition) is 3. The fourth-order valence-corrected chi connectivity index (χ4v) is 1.72. The zero-order valence-electron chi connectivity index (χ0n) is 8.18. The molecule has 5 nitrogen and oxygen atoms in total. The Balaban J connectivity index is 3.40. The highest BCUT2D eigenvalue weighted by atomic mass is 32.2. The van der Waals surface area contributed by atoms with Crippen molar-refractivity contribution in [3.05, 3.63) is 0 Å². The van der Waals surface area contributed by atoms with E-state index in [2.05, 4.69) is 4.74 Å². The maximum absolute atomic E-state index is 10.9.